The highest BCUT2D eigenvalue weighted by atomic mass is 32.2. The smallest absolute Gasteiger partial charge is 0.295 e. The fraction of sp³-hybridized carbons (Fsp3) is 0.200. The molecule has 0 aliphatic carbocycles. The molecule has 1 heterocycles. The van der Waals surface area contributed by atoms with Crippen molar-refractivity contribution < 1.29 is 14.3 Å². The Bertz CT molecular complexity index is 875. The summed E-state index contributed by atoms with van der Waals surface area (Å²) in [6.07, 6.45) is 1.72. The van der Waals surface area contributed by atoms with Crippen LogP contribution in [-0.4, -0.2) is 29.8 Å². The van der Waals surface area contributed by atoms with Crippen molar-refractivity contribution in [1.82, 2.24) is 4.90 Å². The molecule has 0 radical (unpaired) electrons. The lowest BCUT2D eigenvalue weighted by Crippen LogP contribution is -2.33. The molecule has 0 aromatic heterocycles. The van der Waals surface area contributed by atoms with Crippen molar-refractivity contribution >= 4 is 34.7 Å². The maximum atomic E-state index is 12.6. The monoisotopic (exact) mass is 368 g/mol. The minimum atomic E-state index is -0.284. The van der Waals surface area contributed by atoms with Gasteiger partial charge in [0.1, 0.15) is 5.75 Å². The first-order chi connectivity index (χ1) is 12.5. The van der Waals surface area contributed by atoms with E-state index in [9.17, 15) is 9.59 Å². The largest absolute Gasteiger partial charge is 0.497 e. The van der Waals surface area contributed by atoms with Crippen LogP contribution >= 0.6 is 11.8 Å². The SMILES string of the molecule is COc1ccc(/C=C2/SC(=O)N(CNc3ccc(C)cc3C)C2=O)cc1. The molecule has 1 aliphatic rings. The summed E-state index contributed by atoms with van der Waals surface area (Å²) in [5, 5.41) is 2.90. The topological polar surface area (TPSA) is 58.6 Å². The third-order valence-electron chi connectivity index (χ3n) is 4.10. The van der Waals surface area contributed by atoms with E-state index in [4.69, 9.17) is 4.74 Å². The average Bonchev–Trinajstić information content (AvgIpc) is 2.88. The molecule has 0 bridgehead atoms. The Labute approximate surface area is 157 Å². The Morgan fingerprint density at radius 3 is 2.50 bits per heavy atom. The summed E-state index contributed by atoms with van der Waals surface area (Å²) in [6.45, 7) is 4.17. The number of imide groups is 1. The number of rotatable bonds is 5. The quantitative estimate of drug-likeness (QED) is 0.792. The molecular formula is C20H20N2O3S. The van der Waals surface area contributed by atoms with E-state index in [-0.39, 0.29) is 17.8 Å². The van der Waals surface area contributed by atoms with E-state index in [1.807, 2.05) is 50.2 Å². The van der Waals surface area contributed by atoms with Crippen LogP contribution in [0.1, 0.15) is 16.7 Å². The molecule has 0 spiro atoms. The Balaban J connectivity index is 1.70. The zero-order valence-corrected chi connectivity index (χ0v) is 15.7. The van der Waals surface area contributed by atoms with Crippen molar-refractivity contribution in [3.05, 3.63) is 64.1 Å². The maximum absolute atomic E-state index is 12.6. The van der Waals surface area contributed by atoms with E-state index >= 15 is 0 Å². The summed E-state index contributed by atoms with van der Waals surface area (Å²) in [5.41, 5.74) is 4.00. The van der Waals surface area contributed by atoms with E-state index in [2.05, 4.69) is 11.4 Å². The zero-order valence-electron chi connectivity index (χ0n) is 14.9. The lowest BCUT2D eigenvalue weighted by molar-refractivity contribution is -0.122. The number of carbonyl (C=O) groups excluding carboxylic acids is 2. The van der Waals surface area contributed by atoms with Crippen molar-refractivity contribution in [3.63, 3.8) is 0 Å². The van der Waals surface area contributed by atoms with Gasteiger partial charge >= 0.3 is 0 Å². The number of aryl methyl sites for hydroxylation is 2. The highest BCUT2D eigenvalue weighted by Gasteiger charge is 2.34. The van der Waals surface area contributed by atoms with Gasteiger partial charge in [-0.1, -0.05) is 29.8 Å². The van der Waals surface area contributed by atoms with E-state index < -0.39 is 0 Å². The van der Waals surface area contributed by atoms with Gasteiger partial charge in [0.05, 0.1) is 18.7 Å². The maximum Gasteiger partial charge on any atom is 0.295 e. The van der Waals surface area contributed by atoms with Crippen molar-refractivity contribution in [3.8, 4) is 5.75 Å². The molecule has 6 heteroatoms. The fourth-order valence-corrected chi connectivity index (χ4v) is 3.50. The van der Waals surface area contributed by atoms with Crippen LogP contribution in [0.2, 0.25) is 0 Å². The number of benzene rings is 2. The number of methoxy groups -OCH3 is 1. The van der Waals surface area contributed by atoms with Gasteiger partial charge in [-0.25, -0.2) is 0 Å². The number of carbonyl (C=O) groups is 2. The van der Waals surface area contributed by atoms with Gasteiger partial charge < -0.3 is 10.1 Å². The average molecular weight is 368 g/mol. The van der Waals surface area contributed by atoms with Gasteiger partial charge in [0.15, 0.2) is 0 Å². The first-order valence-electron chi connectivity index (χ1n) is 8.18. The Morgan fingerprint density at radius 2 is 1.85 bits per heavy atom. The minimum Gasteiger partial charge on any atom is -0.497 e. The first-order valence-corrected chi connectivity index (χ1v) is 9.00. The van der Waals surface area contributed by atoms with Crippen LogP contribution in [0.15, 0.2) is 47.4 Å². The van der Waals surface area contributed by atoms with E-state index in [0.717, 1.165) is 34.3 Å². The van der Waals surface area contributed by atoms with Crippen LogP contribution < -0.4 is 10.1 Å². The predicted octanol–water partition coefficient (Wildman–Crippen LogP) is 4.42. The number of hydrogen-bond acceptors (Lipinski definition) is 5. The lowest BCUT2D eigenvalue weighted by atomic mass is 10.1. The van der Waals surface area contributed by atoms with Gasteiger partial charge in [-0.3, -0.25) is 14.5 Å². The summed E-state index contributed by atoms with van der Waals surface area (Å²) < 4.78 is 5.12. The third-order valence-corrected chi connectivity index (χ3v) is 5.00. The van der Waals surface area contributed by atoms with Crippen molar-refractivity contribution in [1.29, 1.82) is 0 Å². The zero-order chi connectivity index (χ0) is 18.7. The fourth-order valence-electron chi connectivity index (χ4n) is 2.66. The molecule has 5 nitrogen and oxygen atoms in total. The molecule has 1 N–H and O–H groups in total. The van der Waals surface area contributed by atoms with Gasteiger partial charge in [0, 0.05) is 5.69 Å². The summed E-state index contributed by atoms with van der Waals surface area (Å²) >= 11 is 0.956. The molecule has 1 fully saturated rings. The second-order valence-electron chi connectivity index (χ2n) is 6.04. The van der Waals surface area contributed by atoms with Crippen LogP contribution in [0.25, 0.3) is 6.08 Å². The number of nitrogens with zero attached hydrogens (tertiary/aromatic N) is 1. The van der Waals surface area contributed by atoms with Crippen molar-refractivity contribution in [2.45, 2.75) is 13.8 Å². The summed E-state index contributed by atoms with van der Waals surface area (Å²) in [5.74, 6) is 0.459. The summed E-state index contributed by atoms with van der Waals surface area (Å²) in [7, 11) is 1.60. The van der Waals surface area contributed by atoms with Gasteiger partial charge in [-0.05, 0) is 61.0 Å². The molecule has 3 rings (SSSR count). The normalized spacial score (nSPS) is 15.7. The predicted molar refractivity (Wildman–Crippen MR) is 105 cm³/mol. The minimum absolute atomic E-state index is 0.147. The van der Waals surface area contributed by atoms with Crippen LogP contribution in [0.5, 0.6) is 5.75 Å². The molecule has 0 saturated carbocycles. The molecule has 1 aliphatic heterocycles. The van der Waals surface area contributed by atoms with Crippen LogP contribution in [-0.2, 0) is 4.79 Å². The molecule has 26 heavy (non-hydrogen) atoms. The number of ether oxygens (including phenoxy) is 1. The third kappa shape index (κ3) is 3.91. The van der Waals surface area contributed by atoms with Crippen LogP contribution in [0, 0.1) is 13.8 Å². The Hall–Kier alpha value is -2.73. The number of thioether (sulfide) groups is 1. The van der Waals surface area contributed by atoms with Gasteiger partial charge in [-0.15, -0.1) is 0 Å². The lowest BCUT2D eigenvalue weighted by Gasteiger charge is -2.16. The van der Waals surface area contributed by atoms with Gasteiger partial charge in [0.25, 0.3) is 11.1 Å². The van der Waals surface area contributed by atoms with E-state index in [1.165, 1.54) is 10.5 Å². The standard InChI is InChI=1S/C20H20N2O3S/c1-13-4-9-17(14(2)10-13)21-12-22-19(23)18(26-20(22)24)11-15-5-7-16(25-3)8-6-15/h4-11,21H,12H2,1-3H3/b18-11+. The Kier molecular flexibility index (Phi) is 5.32. The number of hydrogen-bond donors (Lipinski definition) is 1. The summed E-state index contributed by atoms with van der Waals surface area (Å²) in [6, 6.07) is 13.3. The highest BCUT2D eigenvalue weighted by Crippen LogP contribution is 2.32. The van der Waals surface area contributed by atoms with E-state index in [1.54, 1.807) is 13.2 Å². The first kappa shape index (κ1) is 18.1. The Morgan fingerprint density at radius 1 is 1.12 bits per heavy atom. The molecule has 134 valence electrons. The molecular weight excluding hydrogens is 348 g/mol. The molecule has 2 aromatic rings. The van der Waals surface area contributed by atoms with Crippen molar-refractivity contribution in [2.24, 2.45) is 0 Å². The molecule has 2 aromatic carbocycles. The second-order valence-corrected chi connectivity index (χ2v) is 7.03. The molecule has 0 atom stereocenters. The number of amides is 2. The van der Waals surface area contributed by atoms with Crippen LogP contribution in [0.3, 0.4) is 0 Å². The second kappa shape index (κ2) is 7.66. The number of nitrogens with one attached hydrogen (secondary N) is 1. The van der Waals surface area contributed by atoms with Gasteiger partial charge in [-0.2, -0.15) is 0 Å². The van der Waals surface area contributed by atoms with Crippen LogP contribution in [0.4, 0.5) is 10.5 Å². The summed E-state index contributed by atoms with van der Waals surface area (Å²) in [4.78, 5) is 26.4. The molecule has 0 unspecified atom stereocenters. The molecule has 1 saturated heterocycles. The van der Waals surface area contributed by atoms with Crippen molar-refractivity contribution in [2.75, 3.05) is 19.1 Å². The van der Waals surface area contributed by atoms with Gasteiger partial charge in [0.2, 0.25) is 0 Å². The molecule has 2 amide bonds. The van der Waals surface area contributed by atoms with E-state index in [0.29, 0.717) is 4.91 Å². The number of anilines is 1. The highest BCUT2D eigenvalue weighted by molar-refractivity contribution is 8.18.